The molecular formula is C68H44N4. The number of benzene rings is 11. The highest BCUT2D eigenvalue weighted by atomic mass is 15.0. The zero-order chi connectivity index (χ0) is 47.5. The fraction of sp³-hybridized carbons (Fsp3) is 0. The maximum Gasteiger partial charge on any atom is 0.160 e. The predicted molar refractivity (Wildman–Crippen MR) is 301 cm³/mol. The number of aromatic nitrogens is 4. The van der Waals surface area contributed by atoms with Gasteiger partial charge in [0.05, 0.1) is 33.3 Å². The molecule has 14 rings (SSSR count). The van der Waals surface area contributed by atoms with Gasteiger partial charge in [0.25, 0.3) is 0 Å². The highest BCUT2D eigenvalue weighted by Gasteiger charge is 2.17. The van der Waals surface area contributed by atoms with Crippen molar-refractivity contribution >= 4 is 54.5 Å². The van der Waals surface area contributed by atoms with Gasteiger partial charge in [0, 0.05) is 49.4 Å². The molecule has 0 atom stereocenters. The first-order valence-electron chi connectivity index (χ1n) is 24.6. The Hall–Kier alpha value is -9.64. The molecule has 0 bridgehead atoms. The van der Waals surface area contributed by atoms with Gasteiger partial charge >= 0.3 is 0 Å². The molecule has 4 nitrogen and oxygen atoms in total. The highest BCUT2D eigenvalue weighted by molar-refractivity contribution is 6.12. The van der Waals surface area contributed by atoms with Crippen LogP contribution in [0.15, 0.2) is 267 Å². The van der Waals surface area contributed by atoms with Crippen LogP contribution < -0.4 is 0 Å². The average molecular weight is 917 g/mol. The summed E-state index contributed by atoms with van der Waals surface area (Å²) in [5.41, 5.74) is 20.3. The number of hydrogen-bond donors (Lipinski definition) is 0. The van der Waals surface area contributed by atoms with E-state index in [1.165, 1.54) is 71.4 Å². The molecule has 0 aliphatic rings. The summed E-state index contributed by atoms with van der Waals surface area (Å²) in [5, 5.41) is 5.99. The summed E-state index contributed by atoms with van der Waals surface area (Å²) in [7, 11) is 0. The summed E-state index contributed by atoms with van der Waals surface area (Å²) in [4.78, 5) is 10.5. The summed E-state index contributed by atoms with van der Waals surface area (Å²) in [6.45, 7) is 0. The lowest BCUT2D eigenvalue weighted by Crippen LogP contribution is -1.96. The van der Waals surface area contributed by atoms with Crippen LogP contribution in [0.25, 0.3) is 133 Å². The SMILES string of the molecule is c1ccc(-c2nc(-c3ccc(-c4ccc5c(c4)c4ccccc4n5-c4ccccc4)cc3)nc3ccc(-c4ccc(-c5cccc(-c6ccc7c(c6)c6ccccc6n7-c6ccccc6)c5)cc4)cc23)cc1. The van der Waals surface area contributed by atoms with Crippen LogP contribution in [-0.2, 0) is 0 Å². The van der Waals surface area contributed by atoms with Crippen LogP contribution in [0, 0.1) is 0 Å². The number of para-hydroxylation sites is 4. The molecule has 0 saturated carbocycles. The highest BCUT2D eigenvalue weighted by Crippen LogP contribution is 2.39. The van der Waals surface area contributed by atoms with Crippen molar-refractivity contribution in [2.24, 2.45) is 0 Å². The Kier molecular flexibility index (Phi) is 9.82. The van der Waals surface area contributed by atoms with E-state index in [-0.39, 0.29) is 0 Å². The molecule has 11 aromatic carbocycles. The number of rotatable bonds is 8. The molecule has 72 heavy (non-hydrogen) atoms. The average Bonchev–Trinajstić information content (AvgIpc) is 3.98. The van der Waals surface area contributed by atoms with Crippen LogP contribution in [0.1, 0.15) is 0 Å². The molecule has 0 fully saturated rings. The van der Waals surface area contributed by atoms with E-state index in [2.05, 4.69) is 276 Å². The third-order valence-electron chi connectivity index (χ3n) is 14.3. The first kappa shape index (κ1) is 41.3. The topological polar surface area (TPSA) is 35.6 Å². The maximum atomic E-state index is 5.30. The molecule has 3 aromatic heterocycles. The molecule has 336 valence electrons. The van der Waals surface area contributed by atoms with E-state index >= 15 is 0 Å². The van der Waals surface area contributed by atoms with Crippen molar-refractivity contribution in [2.75, 3.05) is 0 Å². The molecular weight excluding hydrogens is 873 g/mol. The minimum atomic E-state index is 0.701. The van der Waals surface area contributed by atoms with Crippen LogP contribution in [0.3, 0.4) is 0 Å². The largest absolute Gasteiger partial charge is 0.309 e. The Balaban J connectivity index is 0.768. The normalized spacial score (nSPS) is 11.6. The zero-order valence-electron chi connectivity index (χ0n) is 39.2. The van der Waals surface area contributed by atoms with Crippen molar-refractivity contribution in [3.8, 4) is 78.5 Å². The Morgan fingerprint density at radius 3 is 1.14 bits per heavy atom. The van der Waals surface area contributed by atoms with E-state index < -0.39 is 0 Å². The first-order chi connectivity index (χ1) is 35.7. The second-order valence-electron chi connectivity index (χ2n) is 18.6. The summed E-state index contributed by atoms with van der Waals surface area (Å²) < 4.78 is 4.72. The predicted octanol–water partition coefficient (Wildman–Crippen LogP) is 17.8. The van der Waals surface area contributed by atoms with Crippen molar-refractivity contribution in [2.45, 2.75) is 0 Å². The molecule has 4 heteroatoms. The summed E-state index contributed by atoms with van der Waals surface area (Å²) in [6.07, 6.45) is 0. The first-order valence-corrected chi connectivity index (χ1v) is 24.6. The van der Waals surface area contributed by atoms with Crippen molar-refractivity contribution < 1.29 is 0 Å². The Morgan fingerprint density at radius 2 is 0.597 bits per heavy atom. The number of fused-ring (bicyclic) bond motifs is 7. The van der Waals surface area contributed by atoms with Gasteiger partial charge in [-0.25, -0.2) is 9.97 Å². The van der Waals surface area contributed by atoms with Crippen molar-refractivity contribution in [1.29, 1.82) is 0 Å². The quantitative estimate of drug-likeness (QED) is 0.152. The number of hydrogen-bond acceptors (Lipinski definition) is 2. The van der Waals surface area contributed by atoms with Gasteiger partial charge in [-0.3, -0.25) is 0 Å². The monoisotopic (exact) mass is 916 g/mol. The molecule has 0 unspecified atom stereocenters. The minimum Gasteiger partial charge on any atom is -0.309 e. The van der Waals surface area contributed by atoms with E-state index in [0.29, 0.717) is 5.82 Å². The third kappa shape index (κ3) is 7.08. The van der Waals surface area contributed by atoms with E-state index in [9.17, 15) is 0 Å². The van der Waals surface area contributed by atoms with Gasteiger partial charge in [-0.15, -0.1) is 0 Å². The zero-order valence-corrected chi connectivity index (χ0v) is 39.2. The van der Waals surface area contributed by atoms with Gasteiger partial charge in [-0.2, -0.15) is 0 Å². The summed E-state index contributed by atoms with van der Waals surface area (Å²) >= 11 is 0. The molecule has 14 aromatic rings. The minimum absolute atomic E-state index is 0.701. The second-order valence-corrected chi connectivity index (χ2v) is 18.6. The van der Waals surface area contributed by atoms with Gasteiger partial charge < -0.3 is 9.13 Å². The Labute approximate surface area is 417 Å². The molecule has 3 heterocycles. The third-order valence-corrected chi connectivity index (χ3v) is 14.3. The van der Waals surface area contributed by atoms with Crippen LogP contribution >= 0.6 is 0 Å². The van der Waals surface area contributed by atoms with Crippen LogP contribution in [0.5, 0.6) is 0 Å². The van der Waals surface area contributed by atoms with Crippen molar-refractivity contribution in [3.05, 3.63) is 267 Å². The van der Waals surface area contributed by atoms with E-state index in [0.717, 1.165) is 55.8 Å². The van der Waals surface area contributed by atoms with Crippen molar-refractivity contribution in [1.82, 2.24) is 19.1 Å². The van der Waals surface area contributed by atoms with Crippen molar-refractivity contribution in [3.63, 3.8) is 0 Å². The lowest BCUT2D eigenvalue weighted by atomic mass is 9.95. The van der Waals surface area contributed by atoms with Crippen LogP contribution in [-0.4, -0.2) is 19.1 Å². The fourth-order valence-electron chi connectivity index (χ4n) is 10.8. The molecule has 0 N–H and O–H groups in total. The molecule has 0 aliphatic heterocycles. The molecule has 0 spiro atoms. The molecule has 0 aliphatic carbocycles. The summed E-state index contributed by atoms with van der Waals surface area (Å²) in [6, 6.07) is 95.8. The molecule has 0 radical (unpaired) electrons. The lowest BCUT2D eigenvalue weighted by Gasteiger charge is -2.12. The fourth-order valence-corrected chi connectivity index (χ4v) is 10.8. The van der Waals surface area contributed by atoms with Gasteiger partial charge in [0.15, 0.2) is 5.82 Å². The number of nitrogens with zero attached hydrogens (tertiary/aromatic N) is 4. The summed E-state index contributed by atoms with van der Waals surface area (Å²) in [5.74, 6) is 0.701. The molecule has 0 saturated heterocycles. The van der Waals surface area contributed by atoms with E-state index in [1.54, 1.807) is 0 Å². The maximum absolute atomic E-state index is 5.30. The lowest BCUT2D eigenvalue weighted by molar-refractivity contribution is 1.18. The van der Waals surface area contributed by atoms with Crippen LogP contribution in [0.4, 0.5) is 0 Å². The van der Waals surface area contributed by atoms with Gasteiger partial charge in [0.1, 0.15) is 0 Å². The van der Waals surface area contributed by atoms with E-state index in [4.69, 9.17) is 9.97 Å². The Bertz CT molecular complexity index is 4340. The standard InChI is InChI=1S/C68H44N4/c1-4-15-48(16-5-1)67-61-44-52(46-29-27-45(28-30-46)50-17-14-18-51(41-50)54-37-40-66-60(43-54)58-24-11-13-26-64(58)72(66)56-21-8-3-9-22-56)35-38-62(61)69-68(70-67)49-33-31-47(32-34-49)53-36-39-65-59(42-53)57-23-10-12-25-63(57)71(65)55-19-6-2-7-20-55/h1-44H. The molecule has 0 amide bonds. The van der Waals surface area contributed by atoms with Gasteiger partial charge in [-0.05, 0) is 123 Å². The Morgan fingerprint density at radius 1 is 0.222 bits per heavy atom. The van der Waals surface area contributed by atoms with E-state index in [1.807, 2.05) is 0 Å². The second kappa shape index (κ2) is 17.1. The van der Waals surface area contributed by atoms with Gasteiger partial charge in [-0.1, -0.05) is 188 Å². The van der Waals surface area contributed by atoms with Gasteiger partial charge in [0.2, 0.25) is 0 Å². The van der Waals surface area contributed by atoms with Crippen LogP contribution in [0.2, 0.25) is 0 Å². The smallest absolute Gasteiger partial charge is 0.160 e.